The second kappa shape index (κ2) is 19.1. The van der Waals surface area contributed by atoms with E-state index in [4.69, 9.17) is 15.9 Å². The maximum absolute atomic E-state index is 12.5. The Morgan fingerprint density at radius 3 is 1.94 bits per heavy atom. The number of carboxylic acids is 3. The minimum atomic E-state index is -1.36. The molecule has 0 aliphatic rings. The van der Waals surface area contributed by atoms with Crippen molar-refractivity contribution in [2.24, 2.45) is 11.7 Å². The number of rotatable bonds is 21. The fourth-order valence-corrected chi connectivity index (χ4v) is 3.19. The molecule has 0 heterocycles. The number of nitrogens with two attached hydrogens (primary N) is 1. The molecule has 0 rings (SSSR count). The van der Waals surface area contributed by atoms with Gasteiger partial charge in [-0.25, -0.2) is 9.59 Å². The van der Waals surface area contributed by atoms with Crippen LogP contribution in [-0.4, -0.2) is 76.6 Å². The largest absolute Gasteiger partial charge is 0.481 e. The van der Waals surface area contributed by atoms with E-state index in [-0.39, 0.29) is 51.5 Å². The van der Waals surface area contributed by atoms with Crippen LogP contribution in [0.2, 0.25) is 0 Å². The number of unbranched alkanes of at least 4 members (excludes halogenated alkanes) is 3. The minimum absolute atomic E-state index is 0.0283. The van der Waals surface area contributed by atoms with Crippen LogP contribution in [0.15, 0.2) is 0 Å². The van der Waals surface area contributed by atoms with Crippen molar-refractivity contribution in [3.8, 4) is 0 Å². The van der Waals surface area contributed by atoms with E-state index in [9.17, 15) is 33.9 Å². The smallest absolute Gasteiger partial charge is 0.326 e. The molecule has 0 unspecified atom stereocenters. The number of carbonyl (C=O) groups excluding carboxylic acids is 3. The van der Waals surface area contributed by atoms with Gasteiger partial charge in [-0.15, -0.1) is 0 Å². The average molecular weight is 503 g/mol. The first kappa shape index (κ1) is 31.8. The number of nitrogens with one attached hydrogen (secondary N) is 3. The molecule has 0 aliphatic carbocycles. The fourth-order valence-electron chi connectivity index (χ4n) is 3.19. The van der Waals surface area contributed by atoms with Crippen LogP contribution in [0.4, 0.5) is 4.79 Å². The van der Waals surface area contributed by atoms with Crippen molar-refractivity contribution in [2.45, 2.75) is 76.7 Å². The number of hydrogen-bond acceptors (Lipinski definition) is 7. The predicted octanol–water partition coefficient (Wildman–Crippen LogP) is 0.459. The molecule has 3 amide bonds. The zero-order valence-electron chi connectivity index (χ0n) is 19.9. The summed E-state index contributed by atoms with van der Waals surface area (Å²) in [6, 6.07) is -2.17. The Morgan fingerprint density at radius 1 is 0.714 bits per heavy atom. The molecule has 35 heavy (non-hydrogen) atoms. The Morgan fingerprint density at radius 2 is 1.34 bits per heavy atom. The number of amides is 3. The second-order valence-electron chi connectivity index (χ2n) is 8.19. The Kier molecular flexibility index (Phi) is 17.4. The van der Waals surface area contributed by atoms with E-state index in [1.165, 1.54) is 0 Å². The molecular formula is C22H38N4O9. The fraction of sp³-hybridized carbons (Fsp3) is 0.727. The highest BCUT2D eigenvalue weighted by atomic mass is 16.4. The Bertz CT molecular complexity index is 715. The van der Waals surface area contributed by atoms with Crippen LogP contribution in [-0.2, 0) is 24.0 Å². The normalized spacial score (nSPS) is 12.3. The van der Waals surface area contributed by atoms with E-state index in [1.807, 2.05) is 0 Å². The van der Waals surface area contributed by atoms with Gasteiger partial charge in [-0.05, 0) is 38.6 Å². The number of carboxylic acid groups (broad SMARTS) is 3. The van der Waals surface area contributed by atoms with Crippen molar-refractivity contribution < 1.29 is 44.1 Å². The molecule has 13 heteroatoms. The highest BCUT2D eigenvalue weighted by Gasteiger charge is 2.25. The molecule has 0 aromatic rings. The van der Waals surface area contributed by atoms with Gasteiger partial charge in [0.15, 0.2) is 0 Å². The molecule has 8 N–H and O–H groups in total. The standard InChI is InChI=1S/C22H38N4O9/c23-11-3-1-2-4-12-24-20(32)15(7-10-19(30)31)14-16(27)8-9-17(21(33)34)26-22(35)25-13-5-6-18(28)29/h15,17H,1-14,23H2,(H,24,32)(H,28,29)(H,30,31)(H,33,34)(H2,25,26,35)/t15-,17+/m1/s1. The molecular weight excluding hydrogens is 464 g/mol. The number of urea groups is 1. The van der Waals surface area contributed by atoms with Crippen LogP contribution in [0.3, 0.4) is 0 Å². The maximum Gasteiger partial charge on any atom is 0.326 e. The zero-order chi connectivity index (χ0) is 26.6. The summed E-state index contributed by atoms with van der Waals surface area (Å²) in [5, 5.41) is 34.1. The van der Waals surface area contributed by atoms with Crippen LogP contribution in [0.5, 0.6) is 0 Å². The van der Waals surface area contributed by atoms with Gasteiger partial charge in [0.2, 0.25) is 5.91 Å². The first-order valence-electron chi connectivity index (χ1n) is 11.8. The van der Waals surface area contributed by atoms with E-state index in [0.29, 0.717) is 13.1 Å². The van der Waals surface area contributed by atoms with E-state index < -0.39 is 47.6 Å². The lowest BCUT2D eigenvalue weighted by Gasteiger charge is -2.17. The molecule has 0 spiro atoms. The Balaban J connectivity index is 4.65. The van der Waals surface area contributed by atoms with E-state index in [1.54, 1.807) is 0 Å². The summed E-state index contributed by atoms with van der Waals surface area (Å²) in [6.45, 7) is 1.03. The van der Waals surface area contributed by atoms with E-state index in [2.05, 4.69) is 16.0 Å². The molecule has 200 valence electrons. The lowest BCUT2D eigenvalue weighted by molar-refractivity contribution is -0.140. The molecule has 0 aromatic carbocycles. The van der Waals surface area contributed by atoms with E-state index in [0.717, 1.165) is 25.7 Å². The predicted molar refractivity (Wildman–Crippen MR) is 125 cm³/mol. The van der Waals surface area contributed by atoms with Crippen molar-refractivity contribution in [3.63, 3.8) is 0 Å². The van der Waals surface area contributed by atoms with Crippen LogP contribution >= 0.6 is 0 Å². The minimum Gasteiger partial charge on any atom is -0.481 e. The van der Waals surface area contributed by atoms with Gasteiger partial charge in [-0.1, -0.05) is 12.8 Å². The van der Waals surface area contributed by atoms with Crippen molar-refractivity contribution in [1.29, 1.82) is 0 Å². The van der Waals surface area contributed by atoms with Crippen molar-refractivity contribution in [1.82, 2.24) is 16.0 Å². The van der Waals surface area contributed by atoms with Gasteiger partial charge >= 0.3 is 23.9 Å². The number of Topliss-reactive ketones (excluding diaryl/α,β-unsaturated/α-hetero) is 1. The number of hydrogen-bond donors (Lipinski definition) is 7. The van der Waals surface area contributed by atoms with Crippen LogP contribution in [0.25, 0.3) is 0 Å². The lowest BCUT2D eigenvalue weighted by Crippen LogP contribution is -2.46. The lowest BCUT2D eigenvalue weighted by atomic mass is 9.93. The SMILES string of the molecule is NCCCCCCNC(=O)[C@H](CCC(=O)O)CC(=O)CC[C@H](NC(=O)NCCCC(=O)O)C(=O)O. The molecule has 0 saturated carbocycles. The molecule has 0 bridgehead atoms. The van der Waals surface area contributed by atoms with Crippen molar-refractivity contribution in [3.05, 3.63) is 0 Å². The third-order valence-corrected chi connectivity index (χ3v) is 5.15. The maximum atomic E-state index is 12.5. The molecule has 13 nitrogen and oxygen atoms in total. The summed E-state index contributed by atoms with van der Waals surface area (Å²) in [6.07, 6.45) is 2.46. The van der Waals surface area contributed by atoms with Gasteiger partial charge in [0, 0.05) is 44.7 Å². The summed E-state index contributed by atoms with van der Waals surface area (Å²) in [7, 11) is 0. The molecule has 0 saturated heterocycles. The molecule has 2 atom stereocenters. The highest BCUT2D eigenvalue weighted by Crippen LogP contribution is 2.15. The van der Waals surface area contributed by atoms with Gasteiger partial charge in [-0.2, -0.15) is 0 Å². The Labute approximate surface area is 204 Å². The third kappa shape index (κ3) is 17.9. The number of ketones is 1. The van der Waals surface area contributed by atoms with Gasteiger partial charge in [-0.3, -0.25) is 19.2 Å². The van der Waals surface area contributed by atoms with Crippen molar-refractivity contribution >= 4 is 35.6 Å². The molecule has 0 radical (unpaired) electrons. The monoisotopic (exact) mass is 502 g/mol. The Hall–Kier alpha value is -3.22. The van der Waals surface area contributed by atoms with Gasteiger partial charge in [0.1, 0.15) is 11.8 Å². The van der Waals surface area contributed by atoms with Crippen molar-refractivity contribution in [2.75, 3.05) is 19.6 Å². The summed E-state index contributed by atoms with van der Waals surface area (Å²) < 4.78 is 0. The zero-order valence-corrected chi connectivity index (χ0v) is 19.9. The van der Waals surface area contributed by atoms with Gasteiger partial charge in [0.05, 0.1) is 0 Å². The van der Waals surface area contributed by atoms with Crippen LogP contribution in [0, 0.1) is 5.92 Å². The summed E-state index contributed by atoms with van der Waals surface area (Å²) in [5.41, 5.74) is 5.43. The third-order valence-electron chi connectivity index (χ3n) is 5.15. The van der Waals surface area contributed by atoms with Gasteiger partial charge < -0.3 is 37.0 Å². The van der Waals surface area contributed by atoms with Crippen LogP contribution in [0.1, 0.15) is 70.6 Å². The summed E-state index contributed by atoms with van der Waals surface area (Å²) in [4.78, 5) is 69.5. The first-order valence-corrected chi connectivity index (χ1v) is 11.8. The number of aliphatic carboxylic acids is 3. The number of carbonyl (C=O) groups is 6. The summed E-state index contributed by atoms with van der Waals surface area (Å²) >= 11 is 0. The molecule has 0 fully saturated rings. The highest BCUT2D eigenvalue weighted by molar-refractivity contribution is 5.88. The molecule has 0 aromatic heterocycles. The van der Waals surface area contributed by atoms with Gasteiger partial charge in [0.25, 0.3) is 0 Å². The quantitative estimate of drug-likeness (QED) is 0.107. The average Bonchev–Trinajstić information content (AvgIpc) is 2.78. The summed E-state index contributed by atoms with van der Waals surface area (Å²) in [5.74, 6) is -5.17. The van der Waals surface area contributed by atoms with E-state index >= 15 is 0 Å². The topological polar surface area (TPSA) is 225 Å². The second-order valence-corrected chi connectivity index (χ2v) is 8.19. The van der Waals surface area contributed by atoms with Crippen LogP contribution < -0.4 is 21.7 Å². The molecule has 0 aliphatic heterocycles. The first-order chi connectivity index (χ1) is 16.6.